The summed E-state index contributed by atoms with van der Waals surface area (Å²) in [6.45, 7) is -0.382. The minimum Gasteiger partial charge on any atom is -0.377 e. The Hall–Kier alpha value is -1.12. The molecule has 1 saturated heterocycles. The van der Waals surface area contributed by atoms with Crippen molar-refractivity contribution in [1.82, 2.24) is 4.72 Å². The fraction of sp³-hybridized carbons (Fsp3) is 0.538. The minimum atomic E-state index is -4.02. The Balaban J connectivity index is 1.91. The zero-order valence-electron chi connectivity index (χ0n) is 11.0. The highest BCUT2D eigenvalue weighted by molar-refractivity contribution is 7.89. The van der Waals surface area contributed by atoms with Gasteiger partial charge in [0.05, 0.1) is 19.0 Å². The van der Waals surface area contributed by atoms with E-state index >= 15 is 0 Å². The smallest absolute Gasteiger partial charge is 0.215 e. The minimum absolute atomic E-state index is 0.186. The van der Waals surface area contributed by atoms with Crippen LogP contribution < -0.4 is 4.72 Å². The highest BCUT2D eigenvalue weighted by Gasteiger charge is 2.51. The molecule has 0 amide bonds. The largest absolute Gasteiger partial charge is 0.377 e. The molecule has 3 rings (SSSR count). The Labute approximate surface area is 120 Å². The number of rotatable bonds is 5. The van der Waals surface area contributed by atoms with Crippen LogP contribution in [0.25, 0.3) is 0 Å². The lowest BCUT2D eigenvalue weighted by molar-refractivity contribution is -0.0697. The van der Waals surface area contributed by atoms with E-state index in [0.29, 0.717) is 0 Å². The van der Waals surface area contributed by atoms with Crippen molar-refractivity contribution in [3.05, 3.63) is 35.4 Å². The molecule has 21 heavy (non-hydrogen) atoms. The van der Waals surface area contributed by atoms with Crippen LogP contribution in [0, 0.1) is 11.6 Å². The van der Waals surface area contributed by atoms with E-state index in [0.717, 1.165) is 12.1 Å². The number of hydrogen-bond acceptors (Lipinski definition) is 3. The Kier molecular flexibility index (Phi) is 3.30. The number of halogens is 3. The molecule has 0 atom stereocenters. The summed E-state index contributed by atoms with van der Waals surface area (Å²) < 4.78 is 72.7. The SMILES string of the molecule is O=S(=O)(CC1(F)CC1)NC1(c2c(F)cccc2F)COC1. The molecule has 1 aliphatic carbocycles. The van der Waals surface area contributed by atoms with Gasteiger partial charge in [0.15, 0.2) is 0 Å². The van der Waals surface area contributed by atoms with Crippen LogP contribution in [-0.4, -0.2) is 33.1 Å². The molecule has 2 fully saturated rings. The van der Waals surface area contributed by atoms with Gasteiger partial charge in [-0.05, 0) is 25.0 Å². The van der Waals surface area contributed by atoms with Gasteiger partial charge in [0.1, 0.15) is 22.8 Å². The normalized spacial score (nSPS) is 22.6. The first-order valence-corrected chi connectivity index (χ1v) is 8.13. The van der Waals surface area contributed by atoms with Crippen LogP contribution in [0.4, 0.5) is 13.2 Å². The summed E-state index contributed by atoms with van der Waals surface area (Å²) in [6.07, 6.45) is 0.372. The monoisotopic (exact) mass is 321 g/mol. The lowest BCUT2D eigenvalue weighted by Crippen LogP contribution is -2.60. The number of nitrogens with one attached hydrogen (secondary N) is 1. The third-order valence-electron chi connectivity index (χ3n) is 3.73. The molecule has 116 valence electrons. The molecule has 1 heterocycles. The summed E-state index contributed by atoms with van der Waals surface area (Å²) in [7, 11) is -4.02. The topological polar surface area (TPSA) is 55.4 Å². The lowest BCUT2D eigenvalue weighted by Gasteiger charge is -2.42. The maximum Gasteiger partial charge on any atom is 0.215 e. The van der Waals surface area contributed by atoms with Crippen LogP contribution in [0.1, 0.15) is 18.4 Å². The van der Waals surface area contributed by atoms with E-state index in [9.17, 15) is 21.6 Å². The standard InChI is InChI=1S/C13H14F3NO3S/c14-9-2-1-3-10(15)11(9)13(6-20-7-13)17-21(18,19)8-12(16)4-5-12/h1-3,17H,4-8H2. The van der Waals surface area contributed by atoms with Crippen molar-refractivity contribution in [2.75, 3.05) is 19.0 Å². The molecule has 0 radical (unpaired) electrons. The van der Waals surface area contributed by atoms with Crippen molar-refractivity contribution in [3.63, 3.8) is 0 Å². The van der Waals surface area contributed by atoms with Gasteiger partial charge in [0.25, 0.3) is 0 Å². The molecule has 1 N–H and O–H groups in total. The fourth-order valence-corrected chi connectivity index (χ4v) is 4.33. The second-order valence-electron chi connectivity index (χ2n) is 5.68. The molecule has 4 nitrogen and oxygen atoms in total. The van der Waals surface area contributed by atoms with Crippen molar-refractivity contribution < 1.29 is 26.3 Å². The van der Waals surface area contributed by atoms with Gasteiger partial charge < -0.3 is 4.74 Å². The molecule has 1 aliphatic heterocycles. The maximum absolute atomic E-state index is 13.9. The Morgan fingerprint density at radius 1 is 1.19 bits per heavy atom. The molecule has 1 aromatic carbocycles. The zero-order chi connectivity index (χ0) is 15.3. The van der Waals surface area contributed by atoms with Gasteiger partial charge in [0, 0.05) is 5.56 Å². The van der Waals surface area contributed by atoms with E-state index < -0.39 is 38.6 Å². The highest BCUT2D eigenvalue weighted by atomic mass is 32.2. The first kappa shape index (κ1) is 14.8. The summed E-state index contributed by atoms with van der Waals surface area (Å²) >= 11 is 0. The first-order valence-electron chi connectivity index (χ1n) is 6.48. The van der Waals surface area contributed by atoms with E-state index in [1.165, 1.54) is 6.07 Å². The predicted molar refractivity (Wildman–Crippen MR) is 68.9 cm³/mol. The van der Waals surface area contributed by atoms with E-state index in [1.807, 2.05) is 0 Å². The van der Waals surface area contributed by atoms with Crippen LogP contribution in [0.5, 0.6) is 0 Å². The van der Waals surface area contributed by atoms with Crippen molar-refractivity contribution in [2.45, 2.75) is 24.0 Å². The van der Waals surface area contributed by atoms with Crippen molar-refractivity contribution >= 4 is 10.0 Å². The van der Waals surface area contributed by atoms with Crippen LogP contribution in [0.2, 0.25) is 0 Å². The van der Waals surface area contributed by atoms with Crippen molar-refractivity contribution in [1.29, 1.82) is 0 Å². The third kappa shape index (κ3) is 2.79. The number of sulfonamides is 1. The van der Waals surface area contributed by atoms with Gasteiger partial charge in [-0.3, -0.25) is 0 Å². The zero-order valence-corrected chi connectivity index (χ0v) is 11.9. The average Bonchev–Trinajstić information content (AvgIpc) is 3.01. The molecule has 1 saturated carbocycles. The van der Waals surface area contributed by atoms with Gasteiger partial charge in [-0.2, -0.15) is 4.72 Å². The molecule has 0 spiro atoms. The first-order chi connectivity index (χ1) is 9.75. The van der Waals surface area contributed by atoms with Gasteiger partial charge in [0.2, 0.25) is 10.0 Å². The van der Waals surface area contributed by atoms with E-state index in [4.69, 9.17) is 4.74 Å². The second-order valence-corrected chi connectivity index (χ2v) is 7.41. The Bertz CT molecular complexity index is 649. The van der Waals surface area contributed by atoms with E-state index in [1.54, 1.807) is 0 Å². The predicted octanol–water partition coefficient (Wildman–Crippen LogP) is 1.61. The second kappa shape index (κ2) is 4.69. The summed E-state index contributed by atoms with van der Waals surface area (Å²) in [5.41, 5.74) is -3.60. The van der Waals surface area contributed by atoms with Crippen LogP contribution in [-0.2, 0) is 20.3 Å². The van der Waals surface area contributed by atoms with Crippen LogP contribution in [0.3, 0.4) is 0 Å². The van der Waals surface area contributed by atoms with Gasteiger partial charge in [-0.15, -0.1) is 0 Å². The number of alkyl halides is 1. The van der Waals surface area contributed by atoms with E-state index in [2.05, 4.69) is 4.72 Å². The summed E-state index contributed by atoms with van der Waals surface area (Å²) in [5, 5.41) is 0. The third-order valence-corrected chi connectivity index (χ3v) is 5.33. The number of benzene rings is 1. The molecule has 2 aliphatic rings. The number of hydrogen-bond donors (Lipinski definition) is 1. The van der Waals surface area contributed by atoms with Gasteiger partial charge in [-0.1, -0.05) is 6.07 Å². The van der Waals surface area contributed by atoms with Crippen molar-refractivity contribution in [3.8, 4) is 0 Å². The highest BCUT2D eigenvalue weighted by Crippen LogP contribution is 2.41. The average molecular weight is 321 g/mol. The van der Waals surface area contributed by atoms with Crippen molar-refractivity contribution in [2.24, 2.45) is 0 Å². The van der Waals surface area contributed by atoms with Crippen LogP contribution in [0.15, 0.2) is 18.2 Å². The Morgan fingerprint density at radius 2 is 1.76 bits per heavy atom. The van der Waals surface area contributed by atoms with Gasteiger partial charge >= 0.3 is 0 Å². The summed E-state index contributed by atoms with van der Waals surface area (Å²) in [4.78, 5) is 0. The summed E-state index contributed by atoms with van der Waals surface area (Å²) in [6, 6.07) is 3.28. The molecule has 0 bridgehead atoms. The molecule has 8 heteroatoms. The summed E-state index contributed by atoms with van der Waals surface area (Å²) in [5.74, 6) is -2.41. The molecular formula is C13H14F3NO3S. The van der Waals surface area contributed by atoms with Crippen LogP contribution >= 0.6 is 0 Å². The van der Waals surface area contributed by atoms with Gasteiger partial charge in [-0.25, -0.2) is 21.6 Å². The lowest BCUT2D eigenvalue weighted by atomic mass is 9.88. The van der Waals surface area contributed by atoms with E-state index in [-0.39, 0.29) is 31.6 Å². The number of ether oxygens (including phenoxy) is 1. The quantitative estimate of drug-likeness (QED) is 0.896. The molecular weight excluding hydrogens is 307 g/mol. The molecule has 1 aromatic rings. The fourth-order valence-electron chi connectivity index (χ4n) is 2.47. The molecule has 0 unspecified atom stereocenters. The Morgan fingerprint density at radius 3 is 2.19 bits per heavy atom. The maximum atomic E-state index is 13.9. The molecule has 0 aromatic heterocycles.